The predicted octanol–water partition coefficient (Wildman–Crippen LogP) is 1.21. The third-order valence-electron chi connectivity index (χ3n) is 3.48. The van der Waals surface area contributed by atoms with Crippen LogP contribution < -0.4 is 5.32 Å². The summed E-state index contributed by atoms with van der Waals surface area (Å²) in [6.45, 7) is 3.37. The lowest BCUT2D eigenvalue weighted by Gasteiger charge is -2.31. The molecule has 1 aromatic rings. The van der Waals surface area contributed by atoms with E-state index in [-0.39, 0.29) is 17.5 Å². The molecule has 1 aromatic heterocycles. The van der Waals surface area contributed by atoms with Crippen molar-refractivity contribution in [1.82, 2.24) is 15.2 Å². The normalized spacial score (nSPS) is 16.0. The van der Waals surface area contributed by atoms with Gasteiger partial charge >= 0.3 is 0 Å². The molecule has 108 valence electrons. The maximum atomic E-state index is 13.0. The summed E-state index contributed by atoms with van der Waals surface area (Å²) < 4.78 is 13.0. The largest absolute Gasteiger partial charge is 0.356 e. The fourth-order valence-electron chi connectivity index (χ4n) is 2.32. The maximum Gasteiger partial charge on any atom is 0.272 e. The van der Waals surface area contributed by atoms with Gasteiger partial charge in [-0.15, -0.1) is 0 Å². The molecule has 6 heteroatoms. The lowest BCUT2D eigenvalue weighted by Crippen LogP contribution is -2.41. The molecule has 2 amide bonds. The van der Waals surface area contributed by atoms with E-state index in [1.165, 1.54) is 25.1 Å². The minimum Gasteiger partial charge on any atom is -0.356 e. The van der Waals surface area contributed by atoms with Crippen LogP contribution in [0.15, 0.2) is 18.2 Å². The van der Waals surface area contributed by atoms with Gasteiger partial charge in [-0.05, 0) is 30.9 Å². The lowest BCUT2D eigenvalue weighted by molar-refractivity contribution is -0.119. The number of rotatable bonds is 3. The van der Waals surface area contributed by atoms with Crippen LogP contribution in [0.3, 0.4) is 0 Å². The summed E-state index contributed by atoms with van der Waals surface area (Å²) >= 11 is 0. The van der Waals surface area contributed by atoms with Gasteiger partial charge in [-0.3, -0.25) is 9.59 Å². The highest BCUT2D eigenvalue weighted by molar-refractivity contribution is 5.92. The summed E-state index contributed by atoms with van der Waals surface area (Å²) in [6, 6.07) is 4.23. The Bertz CT molecular complexity index is 499. The van der Waals surface area contributed by atoms with Gasteiger partial charge in [-0.2, -0.15) is 4.39 Å². The standard InChI is InChI=1S/C14H18FN3O2/c1-10(19)16-9-11-5-7-18(8-6-11)14(20)12-3-2-4-13(15)17-12/h2-4,11H,5-9H2,1H3,(H,16,19). The Morgan fingerprint density at radius 2 is 2.10 bits per heavy atom. The predicted molar refractivity (Wildman–Crippen MR) is 71.5 cm³/mol. The van der Waals surface area contributed by atoms with Gasteiger partial charge in [0.15, 0.2) is 0 Å². The first-order valence-electron chi connectivity index (χ1n) is 6.72. The molecule has 2 heterocycles. The van der Waals surface area contributed by atoms with Gasteiger partial charge in [0, 0.05) is 26.6 Å². The number of piperidine rings is 1. The van der Waals surface area contributed by atoms with E-state index in [9.17, 15) is 14.0 Å². The summed E-state index contributed by atoms with van der Waals surface area (Å²) in [5.74, 6) is -0.519. The van der Waals surface area contributed by atoms with Crippen molar-refractivity contribution < 1.29 is 14.0 Å². The fraction of sp³-hybridized carbons (Fsp3) is 0.500. The van der Waals surface area contributed by atoms with Crippen LogP contribution >= 0.6 is 0 Å². The second-order valence-electron chi connectivity index (χ2n) is 5.02. The maximum absolute atomic E-state index is 13.0. The second-order valence-corrected chi connectivity index (χ2v) is 5.02. The quantitative estimate of drug-likeness (QED) is 0.846. The SMILES string of the molecule is CC(=O)NCC1CCN(C(=O)c2cccc(F)n2)CC1. The lowest BCUT2D eigenvalue weighted by atomic mass is 9.96. The Balaban J connectivity index is 1.87. The van der Waals surface area contributed by atoms with Crippen molar-refractivity contribution in [2.75, 3.05) is 19.6 Å². The highest BCUT2D eigenvalue weighted by Crippen LogP contribution is 2.18. The molecule has 1 aliphatic rings. The zero-order valence-corrected chi connectivity index (χ0v) is 11.4. The third kappa shape index (κ3) is 3.76. The number of likely N-dealkylation sites (tertiary alicyclic amines) is 1. The highest BCUT2D eigenvalue weighted by Gasteiger charge is 2.24. The molecule has 5 nitrogen and oxygen atoms in total. The van der Waals surface area contributed by atoms with Crippen LogP contribution in [-0.4, -0.2) is 41.3 Å². The van der Waals surface area contributed by atoms with Crippen molar-refractivity contribution in [3.05, 3.63) is 29.8 Å². The number of nitrogens with one attached hydrogen (secondary N) is 1. The van der Waals surface area contributed by atoms with Gasteiger partial charge in [-0.1, -0.05) is 6.07 Å². The smallest absolute Gasteiger partial charge is 0.272 e. The monoisotopic (exact) mass is 279 g/mol. The van der Waals surface area contributed by atoms with E-state index in [4.69, 9.17) is 0 Å². The van der Waals surface area contributed by atoms with Crippen molar-refractivity contribution in [2.24, 2.45) is 5.92 Å². The molecule has 0 atom stereocenters. The Kier molecular flexibility index (Phi) is 4.65. The van der Waals surface area contributed by atoms with Gasteiger partial charge in [0.1, 0.15) is 5.69 Å². The first-order chi connectivity index (χ1) is 9.56. The molecular formula is C14H18FN3O2. The summed E-state index contributed by atoms with van der Waals surface area (Å²) in [7, 11) is 0. The van der Waals surface area contributed by atoms with Gasteiger partial charge in [0.2, 0.25) is 11.9 Å². The summed E-state index contributed by atoms with van der Waals surface area (Å²) in [4.78, 5) is 28.3. The molecular weight excluding hydrogens is 261 g/mol. The van der Waals surface area contributed by atoms with Gasteiger partial charge in [0.05, 0.1) is 0 Å². The van der Waals surface area contributed by atoms with Gasteiger partial charge in [0.25, 0.3) is 5.91 Å². The van der Waals surface area contributed by atoms with E-state index in [1.54, 1.807) is 4.90 Å². The first kappa shape index (κ1) is 14.4. The van der Waals surface area contributed by atoms with E-state index in [1.807, 2.05) is 0 Å². The van der Waals surface area contributed by atoms with Crippen molar-refractivity contribution >= 4 is 11.8 Å². The Labute approximate surface area is 117 Å². The molecule has 0 aliphatic carbocycles. The molecule has 1 N–H and O–H groups in total. The fourth-order valence-corrected chi connectivity index (χ4v) is 2.32. The molecule has 20 heavy (non-hydrogen) atoms. The first-order valence-corrected chi connectivity index (χ1v) is 6.72. The summed E-state index contributed by atoms with van der Waals surface area (Å²) in [5.41, 5.74) is 0.144. The molecule has 0 aromatic carbocycles. The Hall–Kier alpha value is -1.98. The third-order valence-corrected chi connectivity index (χ3v) is 3.48. The zero-order valence-electron chi connectivity index (χ0n) is 11.4. The average molecular weight is 279 g/mol. The van der Waals surface area contributed by atoms with Crippen LogP contribution in [0.5, 0.6) is 0 Å². The summed E-state index contributed by atoms with van der Waals surface area (Å²) in [5, 5.41) is 2.79. The van der Waals surface area contributed by atoms with E-state index in [0.29, 0.717) is 25.6 Å². The van der Waals surface area contributed by atoms with Crippen LogP contribution in [0.2, 0.25) is 0 Å². The van der Waals surface area contributed by atoms with E-state index >= 15 is 0 Å². The van der Waals surface area contributed by atoms with Crippen LogP contribution in [-0.2, 0) is 4.79 Å². The number of amides is 2. The number of pyridine rings is 1. The highest BCUT2D eigenvalue weighted by atomic mass is 19.1. The number of carbonyl (C=O) groups is 2. The van der Waals surface area contributed by atoms with E-state index < -0.39 is 5.95 Å². The number of aromatic nitrogens is 1. The number of hydrogen-bond acceptors (Lipinski definition) is 3. The van der Waals surface area contributed by atoms with Crippen molar-refractivity contribution in [3.8, 4) is 0 Å². The van der Waals surface area contributed by atoms with Crippen LogP contribution in [0.4, 0.5) is 4.39 Å². The van der Waals surface area contributed by atoms with Crippen LogP contribution in [0.25, 0.3) is 0 Å². The summed E-state index contributed by atoms with van der Waals surface area (Å²) in [6.07, 6.45) is 1.67. The minimum absolute atomic E-state index is 0.0348. The van der Waals surface area contributed by atoms with Crippen LogP contribution in [0, 0.1) is 11.9 Å². The molecule has 1 saturated heterocycles. The number of nitrogens with zero attached hydrogens (tertiary/aromatic N) is 2. The Morgan fingerprint density at radius 1 is 1.40 bits per heavy atom. The molecule has 2 rings (SSSR count). The second kappa shape index (κ2) is 6.45. The molecule has 0 saturated carbocycles. The molecule has 0 spiro atoms. The molecule has 0 bridgehead atoms. The minimum atomic E-state index is -0.642. The molecule has 1 fully saturated rings. The van der Waals surface area contributed by atoms with Gasteiger partial charge in [-0.25, -0.2) is 4.98 Å². The number of halogens is 1. The van der Waals surface area contributed by atoms with E-state index in [0.717, 1.165) is 12.8 Å². The number of carbonyl (C=O) groups excluding carboxylic acids is 2. The van der Waals surface area contributed by atoms with Gasteiger partial charge < -0.3 is 10.2 Å². The molecule has 0 unspecified atom stereocenters. The number of hydrogen-bond donors (Lipinski definition) is 1. The van der Waals surface area contributed by atoms with Crippen LogP contribution in [0.1, 0.15) is 30.3 Å². The average Bonchev–Trinajstić information content (AvgIpc) is 2.45. The molecule has 1 aliphatic heterocycles. The Morgan fingerprint density at radius 3 is 2.70 bits per heavy atom. The topological polar surface area (TPSA) is 62.3 Å². The van der Waals surface area contributed by atoms with Crippen molar-refractivity contribution in [1.29, 1.82) is 0 Å². The van der Waals surface area contributed by atoms with Crippen molar-refractivity contribution in [2.45, 2.75) is 19.8 Å². The van der Waals surface area contributed by atoms with Crippen molar-refractivity contribution in [3.63, 3.8) is 0 Å². The zero-order chi connectivity index (χ0) is 14.5. The molecule has 0 radical (unpaired) electrons. The van der Waals surface area contributed by atoms with E-state index in [2.05, 4.69) is 10.3 Å².